The Bertz CT molecular complexity index is 706. The second-order valence-corrected chi connectivity index (χ2v) is 6.29. The summed E-state index contributed by atoms with van der Waals surface area (Å²) in [6, 6.07) is 10.3. The zero-order chi connectivity index (χ0) is 14.9. The summed E-state index contributed by atoms with van der Waals surface area (Å²) in [7, 11) is 0. The quantitative estimate of drug-likeness (QED) is 0.772. The number of hydrogen-bond acceptors (Lipinski definition) is 2. The molecule has 1 heterocycles. The van der Waals surface area contributed by atoms with Gasteiger partial charge in [-0.3, -0.25) is 0 Å². The Balaban J connectivity index is 1.64. The summed E-state index contributed by atoms with van der Waals surface area (Å²) in [5.74, 6) is 1.39. The average molecular weight is 291 g/mol. The summed E-state index contributed by atoms with van der Waals surface area (Å²) >= 11 is 0. The molecule has 0 aromatic heterocycles. The molecule has 1 saturated carbocycles. The van der Waals surface area contributed by atoms with Crippen molar-refractivity contribution in [1.82, 2.24) is 0 Å². The molecular weight excluding hydrogens is 270 g/mol. The number of hydrogen-bond donors (Lipinski definition) is 0. The van der Waals surface area contributed by atoms with Crippen LogP contribution in [0.3, 0.4) is 0 Å². The highest BCUT2D eigenvalue weighted by atomic mass is 16.5. The van der Waals surface area contributed by atoms with Crippen molar-refractivity contribution in [2.75, 3.05) is 0 Å². The van der Waals surface area contributed by atoms with Crippen molar-refractivity contribution in [1.29, 1.82) is 0 Å². The van der Waals surface area contributed by atoms with Crippen LogP contribution >= 0.6 is 0 Å². The third-order valence-corrected chi connectivity index (χ3v) is 4.73. The number of ether oxygens (including phenoxy) is 1. The molecule has 112 valence electrons. The van der Waals surface area contributed by atoms with Crippen LogP contribution < -0.4 is 0 Å². The molecule has 0 N–H and O–H groups in total. The van der Waals surface area contributed by atoms with Gasteiger partial charge in [-0.25, -0.2) is 4.99 Å². The first kappa shape index (κ1) is 13.6. The maximum atomic E-state index is 6.09. The lowest BCUT2D eigenvalue weighted by Gasteiger charge is -2.21. The molecule has 1 unspecified atom stereocenters. The van der Waals surface area contributed by atoms with E-state index in [1.54, 1.807) is 0 Å². The van der Waals surface area contributed by atoms with E-state index in [1.807, 2.05) is 18.2 Å². The predicted octanol–water partition coefficient (Wildman–Crippen LogP) is 4.95. The molecule has 4 rings (SSSR count). The number of nitrogens with zero attached hydrogens (tertiary/aromatic N) is 1. The van der Waals surface area contributed by atoms with Gasteiger partial charge in [0.05, 0.1) is 0 Å². The van der Waals surface area contributed by atoms with Crippen molar-refractivity contribution in [2.24, 2.45) is 10.9 Å². The van der Waals surface area contributed by atoms with Gasteiger partial charge >= 0.3 is 0 Å². The van der Waals surface area contributed by atoms with E-state index in [-0.39, 0.29) is 0 Å². The molecule has 0 amide bonds. The van der Waals surface area contributed by atoms with E-state index in [0.717, 1.165) is 17.9 Å². The molecule has 1 fully saturated rings. The molecule has 2 aliphatic carbocycles. The smallest absolute Gasteiger partial charge is 0.145 e. The normalized spacial score (nSPS) is 23.3. The van der Waals surface area contributed by atoms with Crippen LogP contribution in [0.4, 0.5) is 0 Å². The molecule has 1 aliphatic heterocycles. The summed E-state index contributed by atoms with van der Waals surface area (Å²) in [6.07, 6.45) is 9.23. The highest BCUT2D eigenvalue weighted by Crippen LogP contribution is 2.42. The lowest BCUT2D eigenvalue weighted by Crippen LogP contribution is -2.11. The van der Waals surface area contributed by atoms with E-state index < -0.39 is 0 Å². The molecule has 1 aromatic carbocycles. The Labute approximate surface area is 131 Å². The third-order valence-electron chi connectivity index (χ3n) is 4.73. The lowest BCUT2D eigenvalue weighted by molar-refractivity contribution is 0.207. The Morgan fingerprint density at radius 3 is 2.82 bits per heavy atom. The molecule has 2 nitrogen and oxygen atoms in total. The minimum absolute atomic E-state index is 0.452. The van der Waals surface area contributed by atoms with Crippen LogP contribution in [-0.2, 0) is 11.3 Å². The van der Waals surface area contributed by atoms with Gasteiger partial charge in [0.15, 0.2) is 0 Å². The summed E-state index contributed by atoms with van der Waals surface area (Å²) in [5, 5.41) is 0. The van der Waals surface area contributed by atoms with E-state index in [1.165, 1.54) is 41.7 Å². The Hall–Kier alpha value is -2.09. The number of aliphatic imine (C=N–C) groups is 1. The third kappa shape index (κ3) is 2.33. The average Bonchev–Trinajstić information content (AvgIpc) is 2.96. The first-order chi connectivity index (χ1) is 10.8. The van der Waals surface area contributed by atoms with Gasteiger partial charge in [0, 0.05) is 11.6 Å². The maximum absolute atomic E-state index is 6.09. The minimum atomic E-state index is 0.452. The molecule has 22 heavy (non-hydrogen) atoms. The largest absolute Gasteiger partial charge is 0.487 e. The molecule has 0 bridgehead atoms. The van der Waals surface area contributed by atoms with E-state index in [0.29, 0.717) is 12.5 Å². The van der Waals surface area contributed by atoms with Crippen molar-refractivity contribution in [3.63, 3.8) is 0 Å². The molecule has 1 atom stereocenters. The molecule has 0 radical (unpaired) electrons. The van der Waals surface area contributed by atoms with Crippen molar-refractivity contribution in [3.05, 3.63) is 70.6 Å². The fraction of sp³-hybridized carbons (Fsp3) is 0.350. The van der Waals surface area contributed by atoms with Gasteiger partial charge in [-0.05, 0) is 48.5 Å². The highest BCUT2D eigenvalue weighted by Gasteiger charge is 2.32. The van der Waals surface area contributed by atoms with E-state index in [4.69, 9.17) is 9.73 Å². The van der Waals surface area contributed by atoms with Crippen LogP contribution in [0.5, 0.6) is 0 Å². The first-order valence-electron chi connectivity index (χ1n) is 8.23. The van der Waals surface area contributed by atoms with Gasteiger partial charge in [0.2, 0.25) is 0 Å². The van der Waals surface area contributed by atoms with E-state index >= 15 is 0 Å². The van der Waals surface area contributed by atoms with Crippen molar-refractivity contribution < 1.29 is 4.74 Å². The number of rotatable bonds is 3. The van der Waals surface area contributed by atoms with Crippen LogP contribution in [0.15, 0.2) is 70.1 Å². The zero-order valence-electron chi connectivity index (χ0n) is 13.0. The number of allylic oxidation sites excluding steroid dienone is 4. The van der Waals surface area contributed by atoms with Crippen molar-refractivity contribution in [2.45, 2.75) is 39.2 Å². The monoisotopic (exact) mass is 291 g/mol. The van der Waals surface area contributed by atoms with Gasteiger partial charge in [-0.1, -0.05) is 43.3 Å². The number of fused-ring (bicyclic) bond motifs is 2. The van der Waals surface area contributed by atoms with Gasteiger partial charge in [0.1, 0.15) is 18.1 Å². The van der Waals surface area contributed by atoms with Crippen LogP contribution in [0, 0.1) is 5.92 Å². The Morgan fingerprint density at radius 2 is 1.95 bits per heavy atom. The summed E-state index contributed by atoms with van der Waals surface area (Å²) in [5.41, 5.74) is 6.52. The second kappa shape index (κ2) is 5.60. The van der Waals surface area contributed by atoms with E-state index in [9.17, 15) is 0 Å². The van der Waals surface area contributed by atoms with E-state index in [2.05, 4.69) is 31.2 Å². The van der Waals surface area contributed by atoms with Crippen LogP contribution in [0.1, 0.15) is 38.2 Å². The molecule has 0 spiro atoms. The summed E-state index contributed by atoms with van der Waals surface area (Å²) in [4.78, 5) is 4.92. The van der Waals surface area contributed by atoms with Crippen LogP contribution in [0.25, 0.3) is 0 Å². The maximum Gasteiger partial charge on any atom is 0.145 e. The Kier molecular flexibility index (Phi) is 3.45. The summed E-state index contributed by atoms with van der Waals surface area (Å²) in [6.45, 7) is 2.87. The fourth-order valence-electron chi connectivity index (χ4n) is 3.58. The highest BCUT2D eigenvalue weighted by molar-refractivity contribution is 6.05. The predicted molar refractivity (Wildman–Crippen MR) is 89.5 cm³/mol. The SMILES string of the molecule is CC1C=CC(OCc2ccccc2)=C2N=C3CCCCC3=C21. The molecule has 2 heteroatoms. The number of benzene rings is 1. The van der Waals surface area contributed by atoms with Crippen molar-refractivity contribution >= 4 is 5.71 Å². The topological polar surface area (TPSA) is 21.6 Å². The second-order valence-electron chi connectivity index (χ2n) is 6.29. The standard InChI is InChI=1S/C20H21NO/c1-14-11-12-18(22-13-15-7-3-2-4-8-15)20-19(14)16-9-5-6-10-17(16)21-20/h2-4,7-8,11-12,14H,5-6,9-10,13H2,1H3. The lowest BCUT2D eigenvalue weighted by atomic mass is 9.84. The molecule has 1 aromatic rings. The molecule has 0 saturated heterocycles. The minimum Gasteiger partial charge on any atom is -0.487 e. The van der Waals surface area contributed by atoms with Gasteiger partial charge < -0.3 is 4.74 Å². The van der Waals surface area contributed by atoms with Crippen LogP contribution in [-0.4, -0.2) is 5.71 Å². The molecular formula is C20H21NO. The first-order valence-corrected chi connectivity index (χ1v) is 8.23. The molecule has 3 aliphatic rings. The van der Waals surface area contributed by atoms with Gasteiger partial charge in [-0.15, -0.1) is 0 Å². The van der Waals surface area contributed by atoms with Crippen LogP contribution in [0.2, 0.25) is 0 Å². The zero-order valence-corrected chi connectivity index (χ0v) is 13.0. The van der Waals surface area contributed by atoms with Gasteiger partial charge in [-0.2, -0.15) is 0 Å². The Morgan fingerprint density at radius 1 is 1.14 bits per heavy atom. The fourth-order valence-corrected chi connectivity index (χ4v) is 3.58. The van der Waals surface area contributed by atoms with Gasteiger partial charge in [0.25, 0.3) is 0 Å². The van der Waals surface area contributed by atoms with Crippen molar-refractivity contribution in [3.8, 4) is 0 Å². The summed E-state index contributed by atoms with van der Waals surface area (Å²) < 4.78 is 6.09.